The molecule has 1 saturated heterocycles. The maximum atomic E-state index is 12.0. The third-order valence-corrected chi connectivity index (χ3v) is 3.35. The Labute approximate surface area is 120 Å². The molecule has 0 aromatic heterocycles. The number of amides is 1. The Bertz CT molecular complexity index is 414. The number of morpholine rings is 1. The molecule has 0 saturated carbocycles. The van der Waals surface area contributed by atoms with E-state index >= 15 is 0 Å². The SMILES string of the molecule is CCNc1ccc(C(=O)NCCN2CCOCC2)cc1. The molecule has 0 unspecified atom stereocenters. The first-order valence-electron chi connectivity index (χ1n) is 7.22. The van der Waals surface area contributed by atoms with Gasteiger partial charge in [0.25, 0.3) is 5.91 Å². The highest BCUT2D eigenvalue weighted by molar-refractivity contribution is 5.94. The molecule has 5 heteroatoms. The number of hydrogen-bond acceptors (Lipinski definition) is 4. The Morgan fingerprint density at radius 3 is 2.60 bits per heavy atom. The highest BCUT2D eigenvalue weighted by Crippen LogP contribution is 2.09. The van der Waals surface area contributed by atoms with Gasteiger partial charge in [0, 0.05) is 44.0 Å². The summed E-state index contributed by atoms with van der Waals surface area (Å²) in [6, 6.07) is 7.56. The van der Waals surface area contributed by atoms with Gasteiger partial charge in [-0.3, -0.25) is 9.69 Å². The van der Waals surface area contributed by atoms with Crippen molar-refractivity contribution in [3.05, 3.63) is 29.8 Å². The van der Waals surface area contributed by atoms with Crippen molar-refractivity contribution in [1.82, 2.24) is 10.2 Å². The van der Waals surface area contributed by atoms with Crippen LogP contribution in [0, 0.1) is 0 Å². The fourth-order valence-electron chi connectivity index (χ4n) is 2.20. The Kier molecular flexibility index (Phi) is 5.83. The zero-order chi connectivity index (χ0) is 14.2. The summed E-state index contributed by atoms with van der Waals surface area (Å²) in [5.74, 6) is -0.0127. The molecule has 20 heavy (non-hydrogen) atoms. The predicted octanol–water partition coefficient (Wildman–Crippen LogP) is 1.18. The zero-order valence-corrected chi connectivity index (χ0v) is 12.0. The van der Waals surface area contributed by atoms with Crippen molar-refractivity contribution in [3.63, 3.8) is 0 Å². The molecule has 0 aliphatic carbocycles. The Hall–Kier alpha value is -1.59. The van der Waals surface area contributed by atoms with E-state index < -0.39 is 0 Å². The van der Waals surface area contributed by atoms with Crippen LogP contribution in [0.25, 0.3) is 0 Å². The summed E-state index contributed by atoms with van der Waals surface area (Å²) in [4.78, 5) is 14.3. The lowest BCUT2D eigenvalue weighted by atomic mass is 10.2. The molecular weight excluding hydrogens is 254 g/mol. The van der Waals surface area contributed by atoms with Crippen LogP contribution < -0.4 is 10.6 Å². The maximum absolute atomic E-state index is 12.0. The van der Waals surface area contributed by atoms with Gasteiger partial charge in [0.2, 0.25) is 0 Å². The smallest absolute Gasteiger partial charge is 0.251 e. The number of hydrogen-bond donors (Lipinski definition) is 2. The Morgan fingerprint density at radius 1 is 1.25 bits per heavy atom. The van der Waals surface area contributed by atoms with Gasteiger partial charge in [-0.2, -0.15) is 0 Å². The second kappa shape index (κ2) is 7.87. The van der Waals surface area contributed by atoms with Crippen molar-refractivity contribution >= 4 is 11.6 Å². The van der Waals surface area contributed by atoms with Crippen LogP contribution in [0.1, 0.15) is 17.3 Å². The molecule has 1 aromatic carbocycles. The topological polar surface area (TPSA) is 53.6 Å². The van der Waals surface area contributed by atoms with Crippen LogP contribution >= 0.6 is 0 Å². The number of anilines is 1. The van der Waals surface area contributed by atoms with Gasteiger partial charge in [-0.25, -0.2) is 0 Å². The van der Waals surface area contributed by atoms with Crippen molar-refractivity contribution in [2.24, 2.45) is 0 Å². The lowest BCUT2D eigenvalue weighted by Gasteiger charge is -2.26. The van der Waals surface area contributed by atoms with Gasteiger partial charge >= 0.3 is 0 Å². The third-order valence-electron chi connectivity index (χ3n) is 3.35. The number of nitrogens with one attached hydrogen (secondary N) is 2. The van der Waals surface area contributed by atoms with E-state index in [1.54, 1.807) is 0 Å². The molecular formula is C15H23N3O2. The van der Waals surface area contributed by atoms with E-state index in [0.717, 1.165) is 45.1 Å². The molecule has 2 N–H and O–H groups in total. The van der Waals surface area contributed by atoms with Crippen LogP contribution in [0.4, 0.5) is 5.69 Å². The molecule has 110 valence electrons. The molecule has 1 aliphatic heterocycles. The van der Waals surface area contributed by atoms with Crippen molar-refractivity contribution in [3.8, 4) is 0 Å². The first-order chi connectivity index (χ1) is 9.79. The second-order valence-electron chi connectivity index (χ2n) is 4.82. The largest absolute Gasteiger partial charge is 0.385 e. The molecule has 1 fully saturated rings. The number of carbonyl (C=O) groups is 1. The number of nitrogens with zero attached hydrogens (tertiary/aromatic N) is 1. The molecule has 0 radical (unpaired) electrons. The monoisotopic (exact) mass is 277 g/mol. The first kappa shape index (κ1) is 14.8. The minimum absolute atomic E-state index is 0.0127. The number of carbonyl (C=O) groups excluding carboxylic acids is 1. The average molecular weight is 277 g/mol. The summed E-state index contributed by atoms with van der Waals surface area (Å²) in [5, 5.41) is 6.17. The minimum atomic E-state index is -0.0127. The van der Waals surface area contributed by atoms with Gasteiger partial charge in [-0.1, -0.05) is 0 Å². The Morgan fingerprint density at radius 2 is 1.95 bits per heavy atom. The van der Waals surface area contributed by atoms with Crippen molar-refractivity contribution in [1.29, 1.82) is 0 Å². The van der Waals surface area contributed by atoms with Gasteiger partial charge in [0.1, 0.15) is 0 Å². The molecule has 1 amide bonds. The molecule has 1 heterocycles. The van der Waals surface area contributed by atoms with E-state index in [4.69, 9.17) is 4.74 Å². The van der Waals surface area contributed by atoms with Crippen molar-refractivity contribution in [2.75, 3.05) is 51.3 Å². The van der Waals surface area contributed by atoms with Gasteiger partial charge in [0.15, 0.2) is 0 Å². The minimum Gasteiger partial charge on any atom is -0.385 e. The summed E-state index contributed by atoms with van der Waals surface area (Å²) in [5.41, 5.74) is 1.74. The van der Waals surface area contributed by atoms with E-state index in [9.17, 15) is 4.79 Å². The van der Waals surface area contributed by atoms with Crippen LogP contribution in [0.3, 0.4) is 0 Å². The van der Waals surface area contributed by atoms with E-state index in [1.165, 1.54) is 0 Å². The van der Waals surface area contributed by atoms with Crippen LogP contribution in [-0.2, 0) is 4.74 Å². The molecule has 0 atom stereocenters. The van der Waals surface area contributed by atoms with Crippen LogP contribution in [0.2, 0.25) is 0 Å². The quantitative estimate of drug-likeness (QED) is 0.820. The lowest BCUT2D eigenvalue weighted by molar-refractivity contribution is 0.0383. The van der Waals surface area contributed by atoms with Crippen molar-refractivity contribution in [2.45, 2.75) is 6.92 Å². The molecule has 1 aliphatic rings. The highest BCUT2D eigenvalue weighted by atomic mass is 16.5. The maximum Gasteiger partial charge on any atom is 0.251 e. The predicted molar refractivity (Wildman–Crippen MR) is 80.2 cm³/mol. The summed E-state index contributed by atoms with van der Waals surface area (Å²) in [6.07, 6.45) is 0. The van der Waals surface area contributed by atoms with E-state index in [2.05, 4.69) is 15.5 Å². The normalized spacial score (nSPS) is 15.8. The highest BCUT2D eigenvalue weighted by Gasteiger charge is 2.10. The van der Waals surface area contributed by atoms with Crippen LogP contribution in [0.5, 0.6) is 0 Å². The zero-order valence-electron chi connectivity index (χ0n) is 12.0. The van der Waals surface area contributed by atoms with Crippen LogP contribution in [0.15, 0.2) is 24.3 Å². The summed E-state index contributed by atoms with van der Waals surface area (Å²) >= 11 is 0. The van der Waals surface area contributed by atoms with Crippen LogP contribution in [-0.4, -0.2) is 56.7 Å². The average Bonchev–Trinajstić information content (AvgIpc) is 2.49. The molecule has 5 nitrogen and oxygen atoms in total. The number of rotatable bonds is 6. The second-order valence-corrected chi connectivity index (χ2v) is 4.82. The summed E-state index contributed by atoms with van der Waals surface area (Å²) in [6.45, 7) is 7.97. The Balaban J connectivity index is 1.73. The first-order valence-corrected chi connectivity index (χ1v) is 7.22. The van der Waals surface area contributed by atoms with E-state index in [-0.39, 0.29) is 5.91 Å². The van der Waals surface area contributed by atoms with Gasteiger partial charge in [-0.05, 0) is 31.2 Å². The summed E-state index contributed by atoms with van der Waals surface area (Å²) < 4.78 is 5.29. The number of benzene rings is 1. The fraction of sp³-hybridized carbons (Fsp3) is 0.533. The number of ether oxygens (including phenoxy) is 1. The standard InChI is InChI=1S/C15H23N3O2/c1-2-16-14-5-3-13(4-6-14)15(19)17-7-8-18-9-11-20-12-10-18/h3-6,16H,2,7-12H2,1H3,(H,17,19). The van der Waals surface area contributed by atoms with E-state index in [0.29, 0.717) is 12.1 Å². The van der Waals surface area contributed by atoms with Gasteiger partial charge in [-0.15, -0.1) is 0 Å². The van der Waals surface area contributed by atoms with Gasteiger partial charge in [0.05, 0.1) is 13.2 Å². The molecule has 0 bridgehead atoms. The fourth-order valence-corrected chi connectivity index (χ4v) is 2.20. The molecule has 2 rings (SSSR count). The van der Waals surface area contributed by atoms with E-state index in [1.807, 2.05) is 31.2 Å². The molecule has 0 spiro atoms. The van der Waals surface area contributed by atoms with Crippen molar-refractivity contribution < 1.29 is 9.53 Å². The third kappa shape index (κ3) is 4.51. The summed E-state index contributed by atoms with van der Waals surface area (Å²) in [7, 11) is 0. The van der Waals surface area contributed by atoms with Gasteiger partial charge < -0.3 is 15.4 Å². The lowest BCUT2D eigenvalue weighted by Crippen LogP contribution is -2.41. The molecule has 1 aromatic rings.